The molecule has 0 radical (unpaired) electrons. The second kappa shape index (κ2) is 6.16. The van der Waals surface area contributed by atoms with Gasteiger partial charge in [0.05, 0.1) is 11.1 Å². The number of amides is 1. The molecular formula is C20H17ClF3N5O. The van der Waals surface area contributed by atoms with E-state index in [4.69, 9.17) is 11.6 Å². The molecule has 30 heavy (non-hydrogen) atoms. The standard InChI is InChI=1S/C20H17ClF3N5O/c1-19(2)13-8-26-14(7-15(13)28(18(19)30)9-20(22,23)24)11-5-10(11)12-6-16(21)27-29-4-3-25-17(12)29/h3-4,6-8,10-11H,5,9H2,1-2H3/t10-,11-/m0/s1. The number of pyridine rings is 1. The smallest absolute Gasteiger partial charge is 0.302 e. The Morgan fingerprint density at radius 2 is 2.00 bits per heavy atom. The molecular weight excluding hydrogens is 419 g/mol. The molecule has 0 unspecified atom stereocenters. The third-order valence-corrected chi connectivity index (χ3v) is 6.10. The number of halogens is 4. The van der Waals surface area contributed by atoms with E-state index in [2.05, 4.69) is 15.1 Å². The van der Waals surface area contributed by atoms with Crippen LogP contribution >= 0.6 is 11.6 Å². The van der Waals surface area contributed by atoms with Crippen molar-refractivity contribution in [3.05, 3.63) is 52.7 Å². The highest BCUT2D eigenvalue weighted by Crippen LogP contribution is 2.56. The average molecular weight is 436 g/mol. The summed E-state index contributed by atoms with van der Waals surface area (Å²) in [5.41, 5.74) is 2.04. The van der Waals surface area contributed by atoms with Gasteiger partial charge >= 0.3 is 6.18 Å². The van der Waals surface area contributed by atoms with Crippen LogP contribution < -0.4 is 4.90 Å². The van der Waals surface area contributed by atoms with Gasteiger partial charge in [-0.05, 0) is 38.3 Å². The summed E-state index contributed by atoms with van der Waals surface area (Å²) in [7, 11) is 0. The lowest BCUT2D eigenvalue weighted by atomic mass is 9.87. The molecule has 1 amide bonds. The number of hydrogen-bond acceptors (Lipinski definition) is 4. The van der Waals surface area contributed by atoms with Gasteiger partial charge in [-0.3, -0.25) is 9.78 Å². The first-order valence-electron chi connectivity index (χ1n) is 9.45. The van der Waals surface area contributed by atoms with Crippen molar-refractivity contribution in [2.75, 3.05) is 11.4 Å². The fraction of sp³-hybridized carbons (Fsp3) is 0.400. The quantitative estimate of drug-likeness (QED) is 0.617. The Bertz CT molecular complexity index is 1190. The maximum atomic E-state index is 13.1. The molecule has 0 saturated heterocycles. The van der Waals surface area contributed by atoms with Crippen LogP contribution in [-0.2, 0) is 10.2 Å². The molecule has 0 spiro atoms. The monoisotopic (exact) mass is 435 g/mol. The van der Waals surface area contributed by atoms with Crippen LogP contribution in [0.5, 0.6) is 0 Å². The first-order valence-corrected chi connectivity index (χ1v) is 9.83. The largest absolute Gasteiger partial charge is 0.406 e. The van der Waals surface area contributed by atoms with Crippen LogP contribution in [0.25, 0.3) is 5.65 Å². The number of alkyl halides is 3. The number of fused-ring (bicyclic) bond motifs is 2. The molecule has 10 heteroatoms. The van der Waals surface area contributed by atoms with Gasteiger partial charge in [0.2, 0.25) is 5.91 Å². The van der Waals surface area contributed by atoms with E-state index in [1.54, 1.807) is 49.1 Å². The van der Waals surface area contributed by atoms with Gasteiger partial charge in [0.1, 0.15) is 11.7 Å². The van der Waals surface area contributed by atoms with Crippen molar-refractivity contribution >= 4 is 28.8 Å². The van der Waals surface area contributed by atoms with Gasteiger partial charge in [0.25, 0.3) is 0 Å². The number of imidazole rings is 1. The Morgan fingerprint density at radius 3 is 2.73 bits per heavy atom. The third kappa shape index (κ3) is 2.94. The molecule has 156 valence electrons. The van der Waals surface area contributed by atoms with Gasteiger partial charge in [-0.15, -0.1) is 0 Å². The summed E-state index contributed by atoms with van der Waals surface area (Å²) in [6, 6.07) is 3.40. The van der Waals surface area contributed by atoms with Crippen molar-refractivity contribution in [2.24, 2.45) is 0 Å². The number of rotatable bonds is 3. The minimum absolute atomic E-state index is 0.0146. The molecule has 2 aliphatic rings. The molecule has 1 fully saturated rings. The Kier molecular flexibility index (Phi) is 3.96. The highest BCUT2D eigenvalue weighted by Gasteiger charge is 2.49. The number of anilines is 1. The van der Waals surface area contributed by atoms with Gasteiger partial charge in [-0.1, -0.05) is 11.6 Å². The van der Waals surface area contributed by atoms with E-state index in [1.165, 1.54) is 0 Å². The summed E-state index contributed by atoms with van der Waals surface area (Å²) in [6.45, 7) is 1.94. The molecule has 3 aromatic heterocycles. The maximum absolute atomic E-state index is 13.1. The normalized spacial score (nSPS) is 22.6. The van der Waals surface area contributed by atoms with E-state index in [-0.39, 0.29) is 17.5 Å². The Balaban J connectivity index is 1.51. The van der Waals surface area contributed by atoms with E-state index in [1.807, 2.05) is 0 Å². The van der Waals surface area contributed by atoms with Crippen LogP contribution in [-0.4, -0.2) is 38.2 Å². The van der Waals surface area contributed by atoms with Crippen LogP contribution in [0.2, 0.25) is 5.15 Å². The van der Waals surface area contributed by atoms with E-state index in [0.717, 1.165) is 16.9 Å². The summed E-state index contributed by atoms with van der Waals surface area (Å²) < 4.78 is 40.9. The fourth-order valence-electron chi connectivity index (χ4n) is 4.31. The molecule has 0 aromatic carbocycles. The lowest BCUT2D eigenvalue weighted by Gasteiger charge is -2.21. The molecule has 6 nitrogen and oxygen atoms in total. The molecule has 4 heterocycles. The minimum atomic E-state index is -4.49. The van der Waals surface area contributed by atoms with Crippen LogP contribution in [0.4, 0.5) is 18.9 Å². The summed E-state index contributed by atoms with van der Waals surface area (Å²) >= 11 is 6.13. The summed E-state index contributed by atoms with van der Waals surface area (Å²) in [6.07, 6.45) is 1.16. The second-order valence-corrected chi connectivity index (χ2v) is 8.71. The van der Waals surface area contributed by atoms with Crippen molar-refractivity contribution < 1.29 is 18.0 Å². The Hall–Kier alpha value is -2.68. The average Bonchev–Trinajstić information content (AvgIpc) is 3.28. The maximum Gasteiger partial charge on any atom is 0.406 e. The van der Waals surface area contributed by atoms with Crippen molar-refractivity contribution in [1.29, 1.82) is 0 Å². The first kappa shape index (κ1) is 19.3. The van der Waals surface area contributed by atoms with E-state index in [9.17, 15) is 18.0 Å². The topological polar surface area (TPSA) is 63.4 Å². The predicted octanol–water partition coefficient (Wildman–Crippen LogP) is 4.24. The molecule has 5 rings (SSSR count). The first-order chi connectivity index (χ1) is 14.1. The van der Waals surface area contributed by atoms with Crippen LogP contribution in [0, 0.1) is 0 Å². The van der Waals surface area contributed by atoms with Crippen LogP contribution in [0.3, 0.4) is 0 Å². The lowest BCUT2D eigenvalue weighted by molar-refractivity contribution is -0.134. The van der Waals surface area contributed by atoms with Crippen LogP contribution in [0.1, 0.15) is 48.9 Å². The highest BCUT2D eigenvalue weighted by molar-refractivity contribution is 6.29. The van der Waals surface area contributed by atoms with E-state index >= 15 is 0 Å². The number of carbonyl (C=O) groups excluding carboxylic acids is 1. The SMILES string of the molecule is CC1(C)C(=O)N(CC(F)(F)F)c2cc([C@H]3C[C@@H]3c3cc(Cl)nn4ccnc34)ncc21. The van der Waals surface area contributed by atoms with Crippen molar-refractivity contribution in [1.82, 2.24) is 19.6 Å². The van der Waals surface area contributed by atoms with Gasteiger partial charge in [0, 0.05) is 41.3 Å². The Morgan fingerprint density at radius 1 is 1.23 bits per heavy atom. The fourth-order valence-corrected chi connectivity index (χ4v) is 4.51. The molecule has 1 saturated carbocycles. The molecule has 1 aliphatic carbocycles. The number of carbonyl (C=O) groups is 1. The number of aromatic nitrogens is 4. The van der Waals surface area contributed by atoms with Crippen molar-refractivity contribution in [2.45, 2.75) is 43.7 Å². The molecule has 2 atom stereocenters. The molecule has 0 N–H and O–H groups in total. The highest BCUT2D eigenvalue weighted by atomic mass is 35.5. The van der Waals surface area contributed by atoms with Gasteiger partial charge < -0.3 is 4.90 Å². The zero-order valence-electron chi connectivity index (χ0n) is 16.1. The predicted molar refractivity (Wildman–Crippen MR) is 104 cm³/mol. The van der Waals surface area contributed by atoms with Crippen molar-refractivity contribution in [3.8, 4) is 0 Å². The summed E-state index contributed by atoms with van der Waals surface area (Å²) in [5.74, 6) is -0.468. The molecule has 1 aliphatic heterocycles. The molecule has 3 aromatic rings. The van der Waals surface area contributed by atoms with Crippen LogP contribution in [0.15, 0.2) is 30.7 Å². The third-order valence-electron chi connectivity index (χ3n) is 5.91. The zero-order valence-corrected chi connectivity index (χ0v) is 16.9. The van der Waals surface area contributed by atoms with E-state index in [0.29, 0.717) is 22.1 Å². The number of nitrogens with zero attached hydrogens (tertiary/aromatic N) is 5. The van der Waals surface area contributed by atoms with Crippen molar-refractivity contribution in [3.63, 3.8) is 0 Å². The molecule has 0 bridgehead atoms. The Labute approximate surface area is 174 Å². The van der Waals surface area contributed by atoms with Gasteiger partial charge in [-0.25, -0.2) is 9.50 Å². The summed E-state index contributed by atoms with van der Waals surface area (Å²) in [5, 5.41) is 4.51. The second-order valence-electron chi connectivity index (χ2n) is 8.32. The summed E-state index contributed by atoms with van der Waals surface area (Å²) in [4.78, 5) is 22.3. The van der Waals surface area contributed by atoms with E-state index < -0.39 is 24.0 Å². The minimum Gasteiger partial charge on any atom is -0.302 e. The lowest BCUT2D eigenvalue weighted by Crippen LogP contribution is -2.41. The zero-order chi connectivity index (χ0) is 21.4. The number of hydrogen-bond donors (Lipinski definition) is 0. The van der Waals surface area contributed by atoms with Gasteiger partial charge in [0.15, 0.2) is 5.65 Å². The van der Waals surface area contributed by atoms with Gasteiger partial charge in [-0.2, -0.15) is 18.3 Å².